The summed E-state index contributed by atoms with van der Waals surface area (Å²) >= 11 is 3.42. The fourth-order valence-electron chi connectivity index (χ4n) is 1.99. The van der Waals surface area contributed by atoms with Gasteiger partial charge in [-0.3, -0.25) is 0 Å². The van der Waals surface area contributed by atoms with E-state index in [1.807, 2.05) is 24.3 Å². The van der Waals surface area contributed by atoms with Crippen LogP contribution in [0.4, 0.5) is 4.39 Å². The molecule has 0 heterocycles. The van der Waals surface area contributed by atoms with Gasteiger partial charge < -0.3 is 5.32 Å². The lowest BCUT2D eigenvalue weighted by molar-refractivity contribution is 0.559. The highest BCUT2D eigenvalue weighted by atomic mass is 79.9. The first-order valence-corrected chi connectivity index (χ1v) is 7.18. The van der Waals surface area contributed by atoms with E-state index in [1.54, 1.807) is 6.07 Å². The fraction of sp³-hybridized carbons (Fsp3) is 0.250. The molecule has 1 unspecified atom stereocenters. The number of nitrogens with one attached hydrogen (secondary N) is 1. The molecule has 0 spiro atoms. The molecule has 2 aromatic rings. The third-order valence-electron chi connectivity index (χ3n) is 3.17. The second-order valence-corrected chi connectivity index (χ2v) is 5.48. The van der Waals surface area contributed by atoms with Gasteiger partial charge in [-0.25, -0.2) is 4.39 Å². The van der Waals surface area contributed by atoms with Crippen LogP contribution in [-0.4, -0.2) is 6.54 Å². The molecule has 0 radical (unpaired) electrons. The summed E-state index contributed by atoms with van der Waals surface area (Å²) in [5, 5.41) is 3.41. The molecule has 1 nitrogen and oxygen atoms in total. The number of hydrogen-bond acceptors (Lipinski definition) is 1. The molecule has 0 bridgehead atoms. The molecular formula is C16H17BrFN. The number of halogens is 2. The quantitative estimate of drug-likeness (QED) is 0.856. The third kappa shape index (κ3) is 4.15. The Morgan fingerprint density at radius 2 is 1.79 bits per heavy atom. The molecule has 3 heteroatoms. The van der Waals surface area contributed by atoms with Gasteiger partial charge in [0.1, 0.15) is 5.82 Å². The predicted molar refractivity (Wildman–Crippen MR) is 80.7 cm³/mol. The SMILES string of the molecule is CC(NCCc1ccccc1F)c1ccc(Br)cc1. The minimum absolute atomic E-state index is 0.124. The molecule has 0 aliphatic carbocycles. The van der Waals surface area contributed by atoms with Crippen LogP contribution in [0.15, 0.2) is 53.0 Å². The third-order valence-corrected chi connectivity index (χ3v) is 3.70. The lowest BCUT2D eigenvalue weighted by Gasteiger charge is -2.14. The molecule has 0 fully saturated rings. The summed E-state index contributed by atoms with van der Waals surface area (Å²) in [6.45, 7) is 2.88. The lowest BCUT2D eigenvalue weighted by atomic mass is 10.1. The van der Waals surface area contributed by atoms with E-state index < -0.39 is 0 Å². The highest BCUT2D eigenvalue weighted by Gasteiger charge is 2.05. The molecule has 19 heavy (non-hydrogen) atoms. The molecule has 0 aromatic heterocycles. The molecular weight excluding hydrogens is 305 g/mol. The van der Waals surface area contributed by atoms with Crippen LogP contribution < -0.4 is 5.32 Å². The summed E-state index contributed by atoms with van der Waals surface area (Å²) in [4.78, 5) is 0. The second kappa shape index (κ2) is 6.83. The van der Waals surface area contributed by atoms with Crippen LogP contribution in [0.2, 0.25) is 0 Å². The van der Waals surface area contributed by atoms with Crippen molar-refractivity contribution in [1.82, 2.24) is 5.32 Å². The number of benzene rings is 2. The first-order chi connectivity index (χ1) is 9.16. The van der Waals surface area contributed by atoms with E-state index in [0.717, 1.165) is 16.6 Å². The Labute approximate surface area is 122 Å². The molecule has 0 aliphatic rings. The van der Waals surface area contributed by atoms with Gasteiger partial charge in [0.15, 0.2) is 0 Å². The first-order valence-electron chi connectivity index (χ1n) is 6.39. The van der Waals surface area contributed by atoms with Gasteiger partial charge in [-0.1, -0.05) is 46.3 Å². The summed E-state index contributed by atoms with van der Waals surface area (Å²) in [6.07, 6.45) is 0.702. The average Bonchev–Trinajstić information content (AvgIpc) is 2.41. The van der Waals surface area contributed by atoms with Crippen LogP contribution >= 0.6 is 15.9 Å². The van der Waals surface area contributed by atoms with E-state index in [2.05, 4.69) is 40.3 Å². The highest BCUT2D eigenvalue weighted by molar-refractivity contribution is 9.10. The standard InChI is InChI=1S/C16H17BrFN/c1-12(13-6-8-15(17)9-7-13)19-11-10-14-4-2-3-5-16(14)18/h2-9,12,19H,10-11H2,1H3. The Bertz CT molecular complexity index is 525. The summed E-state index contributed by atoms with van der Waals surface area (Å²) in [5.74, 6) is -0.124. The van der Waals surface area contributed by atoms with Crippen molar-refractivity contribution in [1.29, 1.82) is 0 Å². The van der Waals surface area contributed by atoms with Gasteiger partial charge in [0.2, 0.25) is 0 Å². The van der Waals surface area contributed by atoms with E-state index in [9.17, 15) is 4.39 Å². The van der Waals surface area contributed by atoms with E-state index in [4.69, 9.17) is 0 Å². The van der Waals surface area contributed by atoms with Crippen molar-refractivity contribution in [3.05, 3.63) is 69.9 Å². The van der Waals surface area contributed by atoms with Gasteiger partial charge in [0, 0.05) is 10.5 Å². The summed E-state index contributed by atoms with van der Waals surface area (Å²) in [5.41, 5.74) is 2.00. The van der Waals surface area contributed by atoms with Crippen molar-refractivity contribution < 1.29 is 4.39 Å². The van der Waals surface area contributed by atoms with Crippen LogP contribution in [0, 0.1) is 5.82 Å². The zero-order chi connectivity index (χ0) is 13.7. The van der Waals surface area contributed by atoms with Crippen molar-refractivity contribution in [2.75, 3.05) is 6.54 Å². The molecule has 2 rings (SSSR count). The van der Waals surface area contributed by atoms with Gasteiger partial charge in [0.25, 0.3) is 0 Å². The molecule has 1 N–H and O–H groups in total. The normalized spacial score (nSPS) is 12.4. The van der Waals surface area contributed by atoms with E-state index in [-0.39, 0.29) is 11.9 Å². The summed E-state index contributed by atoms with van der Waals surface area (Å²) < 4.78 is 14.5. The second-order valence-electron chi connectivity index (χ2n) is 4.57. The lowest BCUT2D eigenvalue weighted by Crippen LogP contribution is -2.21. The molecule has 0 saturated carbocycles. The zero-order valence-electron chi connectivity index (χ0n) is 10.9. The van der Waals surface area contributed by atoms with Crippen molar-refractivity contribution in [3.63, 3.8) is 0 Å². The average molecular weight is 322 g/mol. The highest BCUT2D eigenvalue weighted by Crippen LogP contribution is 2.16. The Morgan fingerprint density at radius 1 is 1.11 bits per heavy atom. The number of rotatable bonds is 5. The summed E-state index contributed by atoms with van der Waals surface area (Å²) in [7, 11) is 0. The van der Waals surface area contributed by atoms with Crippen molar-refractivity contribution in [2.45, 2.75) is 19.4 Å². The molecule has 100 valence electrons. The van der Waals surface area contributed by atoms with Gasteiger partial charge in [0.05, 0.1) is 0 Å². The Balaban J connectivity index is 1.86. The first kappa shape index (κ1) is 14.2. The fourth-order valence-corrected chi connectivity index (χ4v) is 2.26. The largest absolute Gasteiger partial charge is 0.310 e. The maximum atomic E-state index is 13.4. The summed E-state index contributed by atoms with van der Waals surface area (Å²) in [6, 6.07) is 15.4. The Hall–Kier alpha value is -1.19. The predicted octanol–water partition coefficient (Wildman–Crippen LogP) is 4.48. The van der Waals surface area contributed by atoms with E-state index >= 15 is 0 Å². The maximum absolute atomic E-state index is 13.4. The smallest absolute Gasteiger partial charge is 0.126 e. The van der Waals surface area contributed by atoms with Crippen LogP contribution in [0.1, 0.15) is 24.1 Å². The van der Waals surface area contributed by atoms with Crippen molar-refractivity contribution >= 4 is 15.9 Å². The van der Waals surface area contributed by atoms with Gasteiger partial charge in [-0.05, 0) is 49.2 Å². The zero-order valence-corrected chi connectivity index (χ0v) is 12.5. The molecule has 0 saturated heterocycles. The van der Waals surface area contributed by atoms with Crippen LogP contribution in [0.3, 0.4) is 0 Å². The minimum atomic E-state index is -0.124. The maximum Gasteiger partial charge on any atom is 0.126 e. The molecule has 0 aliphatic heterocycles. The van der Waals surface area contributed by atoms with Crippen LogP contribution in [0.25, 0.3) is 0 Å². The topological polar surface area (TPSA) is 12.0 Å². The van der Waals surface area contributed by atoms with Gasteiger partial charge in [-0.15, -0.1) is 0 Å². The Morgan fingerprint density at radius 3 is 2.47 bits per heavy atom. The van der Waals surface area contributed by atoms with Crippen LogP contribution in [-0.2, 0) is 6.42 Å². The van der Waals surface area contributed by atoms with Crippen molar-refractivity contribution in [3.8, 4) is 0 Å². The minimum Gasteiger partial charge on any atom is -0.310 e. The van der Waals surface area contributed by atoms with E-state index in [0.29, 0.717) is 6.42 Å². The van der Waals surface area contributed by atoms with Crippen molar-refractivity contribution in [2.24, 2.45) is 0 Å². The van der Waals surface area contributed by atoms with E-state index in [1.165, 1.54) is 11.6 Å². The Kier molecular flexibility index (Phi) is 5.11. The molecule has 0 amide bonds. The molecule has 2 aromatic carbocycles. The van der Waals surface area contributed by atoms with Gasteiger partial charge in [-0.2, -0.15) is 0 Å². The van der Waals surface area contributed by atoms with Crippen LogP contribution in [0.5, 0.6) is 0 Å². The monoisotopic (exact) mass is 321 g/mol. The van der Waals surface area contributed by atoms with Gasteiger partial charge >= 0.3 is 0 Å². The molecule has 1 atom stereocenters. The number of hydrogen-bond donors (Lipinski definition) is 1.